The molecule has 2 aromatic rings. The summed E-state index contributed by atoms with van der Waals surface area (Å²) in [5.74, 6) is 0.515. The molecule has 8 heteroatoms. The van der Waals surface area contributed by atoms with E-state index < -0.39 is 18.0 Å². The Bertz CT molecular complexity index is 958. The van der Waals surface area contributed by atoms with Gasteiger partial charge in [-0.1, -0.05) is 36.4 Å². The smallest absolute Gasteiger partial charge is 0.338 e. The summed E-state index contributed by atoms with van der Waals surface area (Å²) in [6, 6.07) is 14.0. The Kier molecular flexibility index (Phi) is 7.50. The molecule has 2 N–H and O–H groups in total. The van der Waals surface area contributed by atoms with Gasteiger partial charge in [0.05, 0.1) is 25.3 Å². The molecule has 0 radical (unpaired) electrons. The van der Waals surface area contributed by atoms with Gasteiger partial charge in [0.2, 0.25) is 0 Å². The molecule has 1 heterocycles. The number of hydrogen-bond acceptors (Lipinski definition) is 6. The van der Waals surface area contributed by atoms with Crippen LogP contribution in [-0.2, 0) is 20.9 Å². The maximum Gasteiger partial charge on any atom is 0.338 e. The predicted octanol–water partition coefficient (Wildman–Crippen LogP) is 3.09. The van der Waals surface area contributed by atoms with Crippen molar-refractivity contribution in [2.24, 2.45) is 0 Å². The van der Waals surface area contributed by atoms with Crippen molar-refractivity contribution in [1.29, 1.82) is 0 Å². The maximum atomic E-state index is 12.7. The monoisotopic (exact) mass is 426 g/mol. The Labute approximate surface area is 181 Å². The van der Waals surface area contributed by atoms with Crippen molar-refractivity contribution in [1.82, 2.24) is 10.6 Å². The maximum absolute atomic E-state index is 12.7. The van der Waals surface area contributed by atoms with Crippen LogP contribution in [0.25, 0.3) is 0 Å². The summed E-state index contributed by atoms with van der Waals surface area (Å²) in [7, 11) is 3.06. The highest BCUT2D eigenvalue weighted by molar-refractivity contribution is 5.95. The van der Waals surface area contributed by atoms with Crippen LogP contribution in [-0.4, -0.2) is 39.4 Å². The molecule has 0 bridgehead atoms. The average molecular weight is 426 g/mol. The number of carbonyl (C=O) groups excluding carboxylic acids is 2. The van der Waals surface area contributed by atoms with Crippen molar-refractivity contribution in [3.63, 3.8) is 0 Å². The van der Waals surface area contributed by atoms with Gasteiger partial charge >= 0.3 is 12.0 Å². The summed E-state index contributed by atoms with van der Waals surface area (Å²) in [6.45, 7) is 2.44. The Balaban J connectivity index is 1.84. The standard InChI is InChI=1S/C23H26N2O6/c1-15-20(22(26)30-12-11-28-2)21(25-23(27)24-15)17-9-10-18(19(13-17)29-3)31-14-16-7-5-4-6-8-16/h4-10,13,21H,11-12,14H2,1-3H3,(H2,24,25,27). The molecule has 8 nitrogen and oxygen atoms in total. The van der Waals surface area contributed by atoms with Gasteiger partial charge in [0.25, 0.3) is 0 Å². The molecule has 0 aromatic heterocycles. The van der Waals surface area contributed by atoms with Gasteiger partial charge in [-0.25, -0.2) is 9.59 Å². The van der Waals surface area contributed by atoms with E-state index in [0.717, 1.165) is 5.56 Å². The number of ether oxygens (including phenoxy) is 4. The zero-order valence-electron chi connectivity index (χ0n) is 17.8. The second-order valence-corrected chi connectivity index (χ2v) is 6.88. The first kappa shape index (κ1) is 22.2. The fourth-order valence-electron chi connectivity index (χ4n) is 3.23. The number of hydrogen-bond donors (Lipinski definition) is 2. The van der Waals surface area contributed by atoms with Gasteiger partial charge in [-0.05, 0) is 30.2 Å². The quantitative estimate of drug-likeness (QED) is 0.473. The molecule has 0 spiro atoms. The number of nitrogens with one attached hydrogen (secondary N) is 2. The van der Waals surface area contributed by atoms with E-state index in [2.05, 4.69) is 10.6 Å². The summed E-state index contributed by atoms with van der Waals surface area (Å²) in [6.07, 6.45) is 0. The van der Waals surface area contributed by atoms with Crippen molar-refractivity contribution >= 4 is 12.0 Å². The molecule has 31 heavy (non-hydrogen) atoms. The largest absolute Gasteiger partial charge is 0.493 e. The van der Waals surface area contributed by atoms with Crippen LogP contribution in [0.15, 0.2) is 59.8 Å². The van der Waals surface area contributed by atoms with Crippen LogP contribution in [0.2, 0.25) is 0 Å². The highest BCUT2D eigenvalue weighted by atomic mass is 16.6. The minimum atomic E-state index is -0.694. The molecule has 2 aromatic carbocycles. The normalized spacial score (nSPS) is 15.7. The molecule has 0 aliphatic carbocycles. The van der Waals surface area contributed by atoms with Crippen LogP contribution in [0.5, 0.6) is 11.5 Å². The molecule has 2 amide bonds. The van der Waals surface area contributed by atoms with Gasteiger partial charge in [0.1, 0.15) is 13.2 Å². The summed E-state index contributed by atoms with van der Waals surface area (Å²) in [5.41, 5.74) is 2.44. The van der Waals surface area contributed by atoms with Crippen molar-refractivity contribution in [2.75, 3.05) is 27.4 Å². The lowest BCUT2D eigenvalue weighted by Gasteiger charge is -2.28. The van der Waals surface area contributed by atoms with E-state index in [1.54, 1.807) is 25.1 Å². The summed E-state index contributed by atoms with van der Waals surface area (Å²) in [5, 5.41) is 5.40. The number of rotatable bonds is 9. The second kappa shape index (κ2) is 10.5. The highest BCUT2D eigenvalue weighted by Gasteiger charge is 2.32. The van der Waals surface area contributed by atoms with E-state index in [9.17, 15) is 9.59 Å². The highest BCUT2D eigenvalue weighted by Crippen LogP contribution is 2.35. The molecule has 0 saturated carbocycles. The van der Waals surface area contributed by atoms with E-state index in [1.807, 2.05) is 30.3 Å². The lowest BCUT2D eigenvalue weighted by atomic mass is 9.95. The molecule has 3 rings (SSSR count). The Morgan fingerprint density at radius 2 is 1.81 bits per heavy atom. The van der Waals surface area contributed by atoms with Gasteiger partial charge in [-0.2, -0.15) is 0 Å². The molecular weight excluding hydrogens is 400 g/mol. The second-order valence-electron chi connectivity index (χ2n) is 6.88. The minimum absolute atomic E-state index is 0.113. The first-order valence-corrected chi connectivity index (χ1v) is 9.82. The van der Waals surface area contributed by atoms with Crippen molar-refractivity contribution in [3.8, 4) is 11.5 Å². The molecule has 0 fully saturated rings. The molecule has 1 unspecified atom stereocenters. The Morgan fingerprint density at radius 1 is 1.03 bits per heavy atom. The van der Waals surface area contributed by atoms with E-state index in [1.165, 1.54) is 14.2 Å². The third kappa shape index (κ3) is 5.55. The number of methoxy groups -OCH3 is 2. The predicted molar refractivity (Wildman–Crippen MR) is 114 cm³/mol. The van der Waals surface area contributed by atoms with Crippen LogP contribution in [0, 0.1) is 0 Å². The number of carbonyl (C=O) groups is 2. The van der Waals surface area contributed by atoms with Crippen LogP contribution in [0.4, 0.5) is 4.79 Å². The number of benzene rings is 2. The Morgan fingerprint density at radius 3 is 2.52 bits per heavy atom. The van der Waals surface area contributed by atoms with Gasteiger partial charge in [-0.15, -0.1) is 0 Å². The molecule has 0 saturated heterocycles. The number of urea groups is 1. The number of amides is 2. The van der Waals surface area contributed by atoms with Crippen molar-refractivity contribution < 1.29 is 28.5 Å². The first-order valence-electron chi connectivity index (χ1n) is 9.82. The van der Waals surface area contributed by atoms with Gasteiger partial charge in [-0.3, -0.25) is 0 Å². The number of esters is 1. The summed E-state index contributed by atoms with van der Waals surface area (Å²) < 4.78 is 21.6. The average Bonchev–Trinajstić information content (AvgIpc) is 2.77. The SMILES string of the molecule is COCCOC(=O)C1=C(C)NC(=O)NC1c1ccc(OCc2ccccc2)c(OC)c1. The van der Waals surface area contributed by atoms with Crippen LogP contribution >= 0.6 is 0 Å². The van der Waals surface area contributed by atoms with E-state index in [-0.39, 0.29) is 13.2 Å². The van der Waals surface area contributed by atoms with Gasteiger partial charge in [0, 0.05) is 12.8 Å². The third-order valence-corrected chi connectivity index (χ3v) is 4.77. The topological polar surface area (TPSA) is 95.1 Å². The van der Waals surface area contributed by atoms with E-state index in [4.69, 9.17) is 18.9 Å². The van der Waals surface area contributed by atoms with Crippen molar-refractivity contribution in [2.45, 2.75) is 19.6 Å². The third-order valence-electron chi connectivity index (χ3n) is 4.77. The lowest BCUT2D eigenvalue weighted by Crippen LogP contribution is -2.45. The van der Waals surface area contributed by atoms with Crippen LogP contribution in [0.3, 0.4) is 0 Å². The van der Waals surface area contributed by atoms with Crippen molar-refractivity contribution in [3.05, 3.63) is 70.9 Å². The fourth-order valence-corrected chi connectivity index (χ4v) is 3.23. The minimum Gasteiger partial charge on any atom is -0.493 e. The summed E-state index contributed by atoms with van der Waals surface area (Å²) in [4.78, 5) is 24.8. The molecule has 164 valence electrons. The molecular formula is C23H26N2O6. The lowest BCUT2D eigenvalue weighted by molar-refractivity contribution is -0.140. The first-order chi connectivity index (χ1) is 15.0. The zero-order valence-corrected chi connectivity index (χ0v) is 17.8. The van der Waals surface area contributed by atoms with Crippen LogP contribution in [0.1, 0.15) is 24.1 Å². The van der Waals surface area contributed by atoms with Crippen LogP contribution < -0.4 is 20.1 Å². The summed E-state index contributed by atoms with van der Waals surface area (Å²) >= 11 is 0. The molecule has 1 aliphatic rings. The fraction of sp³-hybridized carbons (Fsp3) is 0.304. The zero-order chi connectivity index (χ0) is 22.2. The van der Waals surface area contributed by atoms with E-state index >= 15 is 0 Å². The van der Waals surface area contributed by atoms with Gasteiger partial charge in [0.15, 0.2) is 11.5 Å². The molecule has 1 atom stereocenters. The van der Waals surface area contributed by atoms with Gasteiger partial charge < -0.3 is 29.6 Å². The Hall–Kier alpha value is -3.52. The molecule has 1 aliphatic heterocycles. The number of allylic oxidation sites excluding steroid dienone is 1. The van der Waals surface area contributed by atoms with E-state index in [0.29, 0.717) is 34.9 Å².